The van der Waals surface area contributed by atoms with Crippen molar-refractivity contribution >= 4 is 11.6 Å². The molecule has 0 atom stereocenters. The zero-order chi connectivity index (χ0) is 9.97. The van der Waals surface area contributed by atoms with Crippen molar-refractivity contribution in [2.75, 3.05) is 0 Å². The Bertz CT molecular complexity index is 436. The molecule has 0 unspecified atom stereocenters. The second-order valence-electron chi connectivity index (χ2n) is 3.22. The van der Waals surface area contributed by atoms with E-state index >= 15 is 0 Å². The predicted molar refractivity (Wildman–Crippen MR) is 55.3 cm³/mol. The maximum atomic E-state index is 5.82. The lowest BCUT2D eigenvalue weighted by Gasteiger charge is -2.03. The standard InChI is InChI=1S/C10H10ClN3/c1-8-3-2-4-9(5-8)6-14-7-12-13-10(14)11/h2-5,7H,6H2,1H3. The van der Waals surface area contributed by atoms with Crippen molar-refractivity contribution < 1.29 is 0 Å². The number of nitrogens with zero attached hydrogens (tertiary/aromatic N) is 3. The van der Waals surface area contributed by atoms with E-state index in [2.05, 4.69) is 35.3 Å². The molecule has 0 saturated heterocycles. The molecule has 0 radical (unpaired) electrons. The van der Waals surface area contributed by atoms with Gasteiger partial charge in [-0.3, -0.25) is 4.57 Å². The van der Waals surface area contributed by atoms with Gasteiger partial charge in [-0.15, -0.1) is 10.2 Å². The predicted octanol–water partition coefficient (Wildman–Crippen LogP) is 2.29. The largest absolute Gasteiger partial charge is 0.300 e. The minimum Gasteiger partial charge on any atom is -0.300 e. The van der Waals surface area contributed by atoms with Crippen molar-refractivity contribution in [3.8, 4) is 0 Å². The minimum absolute atomic E-state index is 0.423. The Morgan fingerprint density at radius 1 is 1.43 bits per heavy atom. The highest BCUT2D eigenvalue weighted by Crippen LogP contribution is 2.09. The number of hydrogen-bond acceptors (Lipinski definition) is 2. The SMILES string of the molecule is Cc1cccc(Cn2cnnc2Cl)c1. The fourth-order valence-corrected chi connectivity index (χ4v) is 1.50. The smallest absolute Gasteiger partial charge is 0.225 e. The Kier molecular flexibility index (Phi) is 2.50. The topological polar surface area (TPSA) is 30.7 Å². The molecule has 72 valence electrons. The summed E-state index contributed by atoms with van der Waals surface area (Å²) in [5.74, 6) is 0. The highest BCUT2D eigenvalue weighted by molar-refractivity contribution is 6.28. The summed E-state index contributed by atoms with van der Waals surface area (Å²) in [5, 5.41) is 7.86. The molecular formula is C10H10ClN3. The molecule has 1 aromatic heterocycles. The second kappa shape index (κ2) is 3.80. The minimum atomic E-state index is 0.423. The van der Waals surface area contributed by atoms with Crippen LogP contribution in [0.15, 0.2) is 30.6 Å². The Morgan fingerprint density at radius 3 is 2.93 bits per heavy atom. The molecule has 4 heteroatoms. The van der Waals surface area contributed by atoms with Gasteiger partial charge in [-0.1, -0.05) is 29.8 Å². The summed E-state index contributed by atoms with van der Waals surface area (Å²) in [6.07, 6.45) is 1.63. The lowest BCUT2D eigenvalue weighted by atomic mass is 10.1. The molecule has 0 fully saturated rings. The number of halogens is 1. The zero-order valence-electron chi connectivity index (χ0n) is 7.81. The summed E-state index contributed by atoms with van der Waals surface area (Å²) in [7, 11) is 0. The van der Waals surface area contributed by atoms with Crippen LogP contribution in [0.1, 0.15) is 11.1 Å². The first-order chi connectivity index (χ1) is 6.75. The summed E-state index contributed by atoms with van der Waals surface area (Å²) in [5.41, 5.74) is 2.44. The fourth-order valence-electron chi connectivity index (χ4n) is 1.35. The van der Waals surface area contributed by atoms with Gasteiger partial charge in [-0.2, -0.15) is 0 Å². The molecule has 2 aromatic rings. The number of aryl methyl sites for hydroxylation is 1. The van der Waals surface area contributed by atoms with Crippen molar-refractivity contribution in [3.63, 3.8) is 0 Å². The molecule has 0 amide bonds. The Balaban J connectivity index is 2.23. The first-order valence-electron chi connectivity index (χ1n) is 4.34. The second-order valence-corrected chi connectivity index (χ2v) is 3.55. The van der Waals surface area contributed by atoms with Gasteiger partial charge in [0.25, 0.3) is 0 Å². The van der Waals surface area contributed by atoms with Crippen LogP contribution in [0.25, 0.3) is 0 Å². The van der Waals surface area contributed by atoms with Crippen LogP contribution in [0.4, 0.5) is 0 Å². The van der Waals surface area contributed by atoms with Crippen LogP contribution in [0.3, 0.4) is 0 Å². The van der Waals surface area contributed by atoms with Gasteiger partial charge in [0.1, 0.15) is 6.33 Å². The van der Waals surface area contributed by atoms with E-state index in [9.17, 15) is 0 Å². The first kappa shape index (κ1) is 9.21. The Hall–Kier alpha value is -1.35. The highest BCUT2D eigenvalue weighted by atomic mass is 35.5. The van der Waals surface area contributed by atoms with Crippen LogP contribution in [-0.2, 0) is 6.54 Å². The molecule has 0 aliphatic heterocycles. The van der Waals surface area contributed by atoms with Gasteiger partial charge >= 0.3 is 0 Å². The van der Waals surface area contributed by atoms with Crippen LogP contribution in [-0.4, -0.2) is 14.8 Å². The number of benzene rings is 1. The van der Waals surface area contributed by atoms with E-state index in [-0.39, 0.29) is 0 Å². The third-order valence-electron chi connectivity index (χ3n) is 2.00. The zero-order valence-corrected chi connectivity index (χ0v) is 8.57. The van der Waals surface area contributed by atoms with Crippen molar-refractivity contribution in [1.29, 1.82) is 0 Å². The first-order valence-corrected chi connectivity index (χ1v) is 4.72. The molecule has 0 saturated carbocycles. The van der Waals surface area contributed by atoms with E-state index in [1.54, 1.807) is 10.9 Å². The van der Waals surface area contributed by atoms with Gasteiger partial charge in [0.05, 0.1) is 6.54 Å². The molecule has 14 heavy (non-hydrogen) atoms. The van der Waals surface area contributed by atoms with Crippen molar-refractivity contribution in [2.24, 2.45) is 0 Å². The summed E-state index contributed by atoms with van der Waals surface area (Å²) in [4.78, 5) is 0. The van der Waals surface area contributed by atoms with E-state index in [1.807, 2.05) is 6.07 Å². The molecule has 1 aromatic carbocycles. The van der Waals surface area contributed by atoms with Crippen LogP contribution in [0, 0.1) is 6.92 Å². The normalized spacial score (nSPS) is 10.4. The van der Waals surface area contributed by atoms with Gasteiger partial charge < -0.3 is 0 Å². The summed E-state index contributed by atoms with van der Waals surface area (Å²) >= 11 is 5.82. The maximum absolute atomic E-state index is 5.82. The molecule has 1 heterocycles. The van der Waals surface area contributed by atoms with Crippen molar-refractivity contribution in [3.05, 3.63) is 47.0 Å². The molecule has 0 N–H and O–H groups in total. The monoisotopic (exact) mass is 207 g/mol. The van der Waals surface area contributed by atoms with Crippen LogP contribution in [0.5, 0.6) is 0 Å². The van der Waals surface area contributed by atoms with E-state index in [0.717, 1.165) is 0 Å². The molecule has 0 spiro atoms. The molecule has 3 nitrogen and oxygen atoms in total. The molecule has 0 bridgehead atoms. The van der Waals surface area contributed by atoms with E-state index in [4.69, 9.17) is 11.6 Å². The summed E-state index contributed by atoms with van der Waals surface area (Å²) < 4.78 is 1.80. The molecule has 0 aliphatic carbocycles. The molecule has 0 aliphatic rings. The van der Waals surface area contributed by atoms with E-state index in [1.165, 1.54) is 11.1 Å². The van der Waals surface area contributed by atoms with E-state index < -0.39 is 0 Å². The number of hydrogen-bond donors (Lipinski definition) is 0. The van der Waals surface area contributed by atoms with Gasteiger partial charge in [0, 0.05) is 0 Å². The Morgan fingerprint density at radius 2 is 2.29 bits per heavy atom. The van der Waals surface area contributed by atoms with Crippen LogP contribution >= 0.6 is 11.6 Å². The number of rotatable bonds is 2. The molecular weight excluding hydrogens is 198 g/mol. The third kappa shape index (κ3) is 1.93. The fraction of sp³-hybridized carbons (Fsp3) is 0.200. The van der Waals surface area contributed by atoms with Gasteiger partial charge in [-0.05, 0) is 24.1 Å². The lowest BCUT2D eigenvalue weighted by molar-refractivity contribution is 0.794. The van der Waals surface area contributed by atoms with Crippen molar-refractivity contribution in [2.45, 2.75) is 13.5 Å². The lowest BCUT2D eigenvalue weighted by Crippen LogP contribution is -1.98. The van der Waals surface area contributed by atoms with Gasteiger partial charge in [0.2, 0.25) is 5.28 Å². The Labute approximate surface area is 87.3 Å². The van der Waals surface area contributed by atoms with Gasteiger partial charge in [0.15, 0.2) is 0 Å². The van der Waals surface area contributed by atoms with Crippen LogP contribution < -0.4 is 0 Å². The van der Waals surface area contributed by atoms with Crippen LogP contribution in [0.2, 0.25) is 5.28 Å². The summed E-state index contributed by atoms with van der Waals surface area (Å²) in [6, 6.07) is 8.28. The van der Waals surface area contributed by atoms with Gasteiger partial charge in [-0.25, -0.2) is 0 Å². The summed E-state index contributed by atoms with van der Waals surface area (Å²) in [6.45, 7) is 2.78. The van der Waals surface area contributed by atoms with E-state index in [0.29, 0.717) is 11.8 Å². The molecule has 2 rings (SSSR count). The van der Waals surface area contributed by atoms with Crippen molar-refractivity contribution in [1.82, 2.24) is 14.8 Å². The average Bonchev–Trinajstić information content (AvgIpc) is 2.52. The quantitative estimate of drug-likeness (QED) is 0.757. The maximum Gasteiger partial charge on any atom is 0.225 e. The number of aromatic nitrogens is 3. The highest BCUT2D eigenvalue weighted by Gasteiger charge is 2.00. The third-order valence-corrected chi connectivity index (χ3v) is 2.30. The average molecular weight is 208 g/mol.